The van der Waals surface area contributed by atoms with E-state index in [4.69, 9.17) is 9.84 Å². The van der Waals surface area contributed by atoms with Crippen LogP contribution in [-0.2, 0) is 11.2 Å². The van der Waals surface area contributed by atoms with Crippen LogP contribution in [0, 0.1) is 0 Å². The van der Waals surface area contributed by atoms with Crippen molar-refractivity contribution in [2.24, 2.45) is 0 Å². The van der Waals surface area contributed by atoms with Gasteiger partial charge in [-0.25, -0.2) is 4.79 Å². The number of hydrogen-bond acceptors (Lipinski definition) is 3. The minimum Gasteiger partial charge on any atom is -0.475 e. The van der Waals surface area contributed by atoms with Crippen molar-refractivity contribution in [2.75, 3.05) is 0 Å². The summed E-state index contributed by atoms with van der Waals surface area (Å²) in [5.74, 6) is -2.04. The van der Waals surface area contributed by atoms with E-state index in [1.807, 2.05) is 42.5 Å². The molecule has 0 radical (unpaired) electrons. The Morgan fingerprint density at radius 1 is 1.05 bits per heavy atom. The maximum absolute atomic E-state index is 11.8. The minimum atomic E-state index is -1.48. The highest BCUT2D eigenvalue weighted by Gasteiger charge is 2.26. The second-order valence-electron chi connectivity index (χ2n) is 5.10. The van der Waals surface area contributed by atoms with E-state index in [2.05, 4.69) is 0 Å². The average molecular weight is 294 g/mol. The van der Waals surface area contributed by atoms with Crippen molar-refractivity contribution in [2.45, 2.75) is 12.3 Å². The molecule has 1 aliphatic rings. The van der Waals surface area contributed by atoms with Gasteiger partial charge in [-0.15, -0.1) is 0 Å². The number of carboxylic acid groups (broad SMARTS) is 1. The molecule has 110 valence electrons. The Balaban J connectivity index is 1.97. The van der Waals surface area contributed by atoms with Crippen LogP contribution in [0.3, 0.4) is 0 Å². The summed E-state index contributed by atoms with van der Waals surface area (Å²) in [6, 6.07) is 15.0. The van der Waals surface area contributed by atoms with Gasteiger partial charge in [0, 0.05) is 11.5 Å². The molecule has 0 spiro atoms. The Labute approximate surface area is 127 Å². The van der Waals surface area contributed by atoms with E-state index < -0.39 is 11.8 Å². The van der Waals surface area contributed by atoms with E-state index in [0.717, 1.165) is 12.0 Å². The number of para-hydroxylation sites is 1. The molecule has 3 rings (SSSR count). The predicted molar refractivity (Wildman–Crippen MR) is 81.1 cm³/mol. The average Bonchev–Trinajstić information content (AvgIpc) is 2.55. The molecular weight excluding hydrogens is 280 g/mol. The largest absolute Gasteiger partial charge is 0.475 e. The standard InChI is InChI=1S/C18H14O4/c19-16(18(20)21)15-8-4-7-14-13(9-10-22-17(14)15)11-12-5-2-1-3-6-12/h1-10,13H,11H2,(H,20,21). The van der Waals surface area contributed by atoms with Gasteiger partial charge in [0.2, 0.25) is 0 Å². The molecule has 0 aromatic heterocycles. The lowest BCUT2D eigenvalue weighted by atomic mass is 9.88. The number of aliphatic carboxylic acids is 1. The zero-order valence-electron chi connectivity index (χ0n) is 11.7. The monoisotopic (exact) mass is 294 g/mol. The highest BCUT2D eigenvalue weighted by molar-refractivity contribution is 6.40. The second-order valence-corrected chi connectivity index (χ2v) is 5.10. The fraction of sp³-hybridized carbons (Fsp3) is 0.111. The first kappa shape index (κ1) is 14.1. The van der Waals surface area contributed by atoms with E-state index in [9.17, 15) is 9.59 Å². The van der Waals surface area contributed by atoms with Crippen LogP contribution in [0.1, 0.15) is 27.4 Å². The number of benzene rings is 2. The highest BCUT2D eigenvalue weighted by Crippen LogP contribution is 2.36. The fourth-order valence-electron chi connectivity index (χ4n) is 2.62. The zero-order valence-corrected chi connectivity index (χ0v) is 11.7. The first-order valence-electron chi connectivity index (χ1n) is 6.94. The summed E-state index contributed by atoms with van der Waals surface area (Å²) >= 11 is 0. The van der Waals surface area contributed by atoms with Gasteiger partial charge in [0.25, 0.3) is 5.78 Å². The van der Waals surface area contributed by atoms with Gasteiger partial charge in [-0.2, -0.15) is 0 Å². The van der Waals surface area contributed by atoms with Crippen LogP contribution >= 0.6 is 0 Å². The van der Waals surface area contributed by atoms with Crippen molar-refractivity contribution in [3.63, 3.8) is 0 Å². The van der Waals surface area contributed by atoms with Gasteiger partial charge >= 0.3 is 5.97 Å². The lowest BCUT2D eigenvalue weighted by Gasteiger charge is -2.22. The van der Waals surface area contributed by atoms with E-state index in [1.54, 1.807) is 6.07 Å². The predicted octanol–water partition coefficient (Wildman–Crippen LogP) is 3.19. The lowest BCUT2D eigenvalue weighted by Crippen LogP contribution is -2.16. The molecule has 2 aromatic carbocycles. The number of carbonyl (C=O) groups is 2. The number of ketones is 1. The molecule has 1 aliphatic heterocycles. The number of carbonyl (C=O) groups excluding carboxylic acids is 1. The highest BCUT2D eigenvalue weighted by atomic mass is 16.5. The SMILES string of the molecule is O=C(O)C(=O)c1cccc2c1OC=CC2Cc1ccccc1. The van der Waals surface area contributed by atoms with Gasteiger partial charge in [-0.3, -0.25) is 4.79 Å². The molecule has 0 saturated carbocycles. The van der Waals surface area contributed by atoms with E-state index >= 15 is 0 Å². The number of allylic oxidation sites excluding steroid dienone is 1. The van der Waals surface area contributed by atoms with Gasteiger partial charge in [0.1, 0.15) is 5.75 Å². The Kier molecular flexibility index (Phi) is 3.74. The third-order valence-electron chi connectivity index (χ3n) is 3.68. The van der Waals surface area contributed by atoms with Gasteiger partial charge in [-0.1, -0.05) is 42.5 Å². The third kappa shape index (κ3) is 2.63. The zero-order chi connectivity index (χ0) is 15.5. The second kappa shape index (κ2) is 5.85. The summed E-state index contributed by atoms with van der Waals surface area (Å²) in [6.45, 7) is 0. The molecule has 1 unspecified atom stereocenters. The molecule has 0 amide bonds. The van der Waals surface area contributed by atoms with Crippen LogP contribution in [0.2, 0.25) is 0 Å². The molecule has 1 atom stereocenters. The maximum Gasteiger partial charge on any atom is 0.377 e. The van der Waals surface area contributed by atoms with Crippen LogP contribution in [0.15, 0.2) is 60.9 Å². The molecule has 4 nitrogen and oxygen atoms in total. The number of rotatable bonds is 4. The fourth-order valence-corrected chi connectivity index (χ4v) is 2.62. The quantitative estimate of drug-likeness (QED) is 0.695. The van der Waals surface area contributed by atoms with Crippen LogP contribution < -0.4 is 4.74 Å². The maximum atomic E-state index is 11.8. The van der Waals surface area contributed by atoms with Crippen LogP contribution in [0.25, 0.3) is 0 Å². The summed E-state index contributed by atoms with van der Waals surface area (Å²) < 4.78 is 5.43. The van der Waals surface area contributed by atoms with Gasteiger partial charge in [0.05, 0.1) is 11.8 Å². The van der Waals surface area contributed by atoms with Crippen molar-refractivity contribution in [1.82, 2.24) is 0 Å². The first-order valence-corrected chi connectivity index (χ1v) is 6.94. The van der Waals surface area contributed by atoms with Gasteiger partial charge in [0.15, 0.2) is 0 Å². The van der Waals surface area contributed by atoms with E-state index in [0.29, 0.717) is 5.75 Å². The number of hydrogen-bond donors (Lipinski definition) is 1. The minimum absolute atomic E-state index is 0.0488. The molecule has 0 saturated heterocycles. The first-order chi connectivity index (χ1) is 10.7. The molecule has 0 aliphatic carbocycles. The normalized spacial score (nSPS) is 15.7. The Bertz CT molecular complexity index is 747. The molecule has 22 heavy (non-hydrogen) atoms. The van der Waals surface area contributed by atoms with Crippen molar-refractivity contribution in [1.29, 1.82) is 0 Å². The van der Waals surface area contributed by atoms with Crippen LogP contribution in [-0.4, -0.2) is 16.9 Å². The lowest BCUT2D eigenvalue weighted by molar-refractivity contribution is -0.131. The number of fused-ring (bicyclic) bond motifs is 1. The number of Topliss-reactive ketones (excluding diaryl/α,β-unsaturated/α-hetero) is 1. The van der Waals surface area contributed by atoms with Gasteiger partial charge in [-0.05, 0) is 24.1 Å². The molecule has 0 bridgehead atoms. The topological polar surface area (TPSA) is 63.6 Å². The smallest absolute Gasteiger partial charge is 0.377 e. The number of ether oxygens (including phenoxy) is 1. The molecule has 4 heteroatoms. The molecular formula is C18H14O4. The van der Waals surface area contributed by atoms with Crippen molar-refractivity contribution in [3.05, 3.63) is 77.6 Å². The van der Waals surface area contributed by atoms with Crippen LogP contribution in [0.4, 0.5) is 0 Å². The molecule has 2 aromatic rings. The summed E-state index contributed by atoms with van der Waals surface area (Å²) in [4.78, 5) is 22.7. The number of carboxylic acids is 1. The van der Waals surface area contributed by atoms with E-state index in [1.165, 1.54) is 17.9 Å². The van der Waals surface area contributed by atoms with Crippen molar-refractivity contribution >= 4 is 11.8 Å². The Morgan fingerprint density at radius 2 is 1.82 bits per heavy atom. The molecule has 0 fully saturated rings. The van der Waals surface area contributed by atoms with Crippen molar-refractivity contribution < 1.29 is 19.4 Å². The molecule has 1 N–H and O–H groups in total. The summed E-state index contributed by atoms with van der Waals surface area (Å²) in [7, 11) is 0. The van der Waals surface area contributed by atoms with Crippen LogP contribution in [0.5, 0.6) is 5.75 Å². The van der Waals surface area contributed by atoms with Gasteiger partial charge < -0.3 is 9.84 Å². The molecule has 1 heterocycles. The summed E-state index contributed by atoms with van der Waals surface area (Å²) in [6.07, 6.45) is 4.21. The van der Waals surface area contributed by atoms with Crippen molar-refractivity contribution in [3.8, 4) is 5.75 Å². The van der Waals surface area contributed by atoms with E-state index in [-0.39, 0.29) is 11.5 Å². The summed E-state index contributed by atoms with van der Waals surface area (Å²) in [5.41, 5.74) is 2.09. The Hall–Kier alpha value is -2.88. The third-order valence-corrected chi connectivity index (χ3v) is 3.68. The Morgan fingerprint density at radius 3 is 2.55 bits per heavy atom. The summed E-state index contributed by atoms with van der Waals surface area (Å²) in [5, 5.41) is 8.92.